The number of anilines is 1. The summed E-state index contributed by atoms with van der Waals surface area (Å²) in [5, 5.41) is 0. The summed E-state index contributed by atoms with van der Waals surface area (Å²) in [7, 11) is 0. The van der Waals surface area contributed by atoms with Crippen molar-refractivity contribution in [3.05, 3.63) is 29.3 Å². The minimum absolute atomic E-state index is 0.000922. The van der Waals surface area contributed by atoms with Crippen molar-refractivity contribution in [2.75, 3.05) is 23.7 Å². The number of nitrogens with two attached hydrogens (primary N) is 2. The SMILES string of the molecule is Cc1ccc2c(c1)C1(SCC(=O)N1CCCN=C(N)N)C(=O)N2C(=O)C1CCCCC1. The van der Waals surface area contributed by atoms with E-state index in [2.05, 4.69) is 4.99 Å². The van der Waals surface area contributed by atoms with Crippen LogP contribution in [0.2, 0.25) is 0 Å². The monoisotopic (exact) mass is 443 g/mol. The lowest BCUT2D eigenvalue weighted by atomic mass is 9.88. The molecule has 2 fully saturated rings. The van der Waals surface area contributed by atoms with E-state index in [9.17, 15) is 14.4 Å². The van der Waals surface area contributed by atoms with Gasteiger partial charge in [-0.15, -0.1) is 11.8 Å². The molecule has 1 unspecified atom stereocenters. The number of amides is 3. The van der Waals surface area contributed by atoms with Crippen LogP contribution >= 0.6 is 11.8 Å². The molecule has 9 heteroatoms. The van der Waals surface area contributed by atoms with E-state index < -0.39 is 4.87 Å². The van der Waals surface area contributed by atoms with E-state index in [-0.39, 0.29) is 35.4 Å². The molecule has 1 saturated carbocycles. The zero-order valence-corrected chi connectivity index (χ0v) is 18.6. The van der Waals surface area contributed by atoms with E-state index >= 15 is 0 Å². The molecule has 8 nitrogen and oxygen atoms in total. The van der Waals surface area contributed by atoms with Crippen molar-refractivity contribution in [1.82, 2.24) is 4.90 Å². The Morgan fingerprint density at radius 3 is 2.68 bits per heavy atom. The molecule has 0 radical (unpaired) electrons. The number of carbonyl (C=O) groups excluding carboxylic acids is 3. The van der Waals surface area contributed by atoms with Crippen molar-refractivity contribution in [2.24, 2.45) is 22.4 Å². The third-order valence-electron chi connectivity index (χ3n) is 6.35. The minimum Gasteiger partial charge on any atom is -0.370 e. The molecule has 1 aliphatic carbocycles. The van der Waals surface area contributed by atoms with Crippen molar-refractivity contribution < 1.29 is 14.4 Å². The van der Waals surface area contributed by atoms with Crippen molar-refractivity contribution in [3.63, 3.8) is 0 Å². The molecule has 31 heavy (non-hydrogen) atoms. The van der Waals surface area contributed by atoms with Crippen LogP contribution in [0.15, 0.2) is 23.2 Å². The quantitative estimate of drug-likeness (QED) is 0.310. The average molecular weight is 444 g/mol. The van der Waals surface area contributed by atoms with Gasteiger partial charge in [0, 0.05) is 24.6 Å². The Morgan fingerprint density at radius 1 is 1.23 bits per heavy atom. The van der Waals surface area contributed by atoms with Gasteiger partial charge in [0.2, 0.25) is 11.8 Å². The third kappa shape index (κ3) is 3.69. The van der Waals surface area contributed by atoms with Crippen LogP contribution in [0.3, 0.4) is 0 Å². The molecule has 0 aromatic heterocycles. The number of guanidine groups is 1. The Bertz CT molecular complexity index is 939. The van der Waals surface area contributed by atoms with Gasteiger partial charge in [-0.2, -0.15) is 0 Å². The first kappa shape index (κ1) is 21.7. The zero-order chi connectivity index (χ0) is 22.2. The highest BCUT2D eigenvalue weighted by molar-refractivity contribution is 8.02. The van der Waals surface area contributed by atoms with Crippen LogP contribution in [-0.2, 0) is 19.3 Å². The van der Waals surface area contributed by atoms with Gasteiger partial charge in [-0.05, 0) is 32.3 Å². The normalized spacial score (nSPS) is 23.5. The highest BCUT2D eigenvalue weighted by Gasteiger charge is 2.61. The number of aliphatic imine (C=N–C) groups is 1. The summed E-state index contributed by atoms with van der Waals surface area (Å²) in [5.41, 5.74) is 13.1. The molecular weight excluding hydrogens is 414 g/mol. The largest absolute Gasteiger partial charge is 0.370 e. The molecule has 1 spiro atoms. The topological polar surface area (TPSA) is 122 Å². The van der Waals surface area contributed by atoms with Crippen molar-refractivity contribution >= 4 is 41.1 Å². The van der Waals surface area contributed by atoms with E-state index in [1.54, 1.807) is 4.90 Å². The molecule has 2 aliphatic heterocycles. The lowest BCUT2D eigenvalue weighted by Crippen LogP contribution is -2.52. The van der Waals surface area contributed by atoms with E-state index in [1.807, 2.05) is 25.1 Å². The van der Waals surface area contributed by atoms with Gasteiger partial charge in [-0.25, -0.2) is 4.90 Å². The minimum atomic E-state index is -1.19. The van der Waals surface area contributed by atoms with Gasteiger partial charge in [0.1, 0.15) is 0 Å². The predicted molar refractivity (Wildman–Crippen MR) is 121 cm³/mol. The Labute approximate surface area is 186 Å². The van der Waals surface area contributed by atoms with Crippen molar-refractivity contribution in [3.8, 4) is 0 Å². The van der Waals surface area contributed by atoms with Crippen molar-refractivity contribution in [2.45, 2.75) is 50.3 Å². The Morgan fingerprint density at radius 2 is 1.97 bits per heavy atom. The molecule has 166 valence electrons. The molecule has 1 atom stereocenters. The standard InChI is InChI=1S/C22H29N5O3S/c1-14-8-9-17-16(12-14)22(20(30)27(17)19(29)15-6-3-2-4-7-15)26(18(28)13-31-22)11-5-10-25-21(23)24/h8-9,12,15H,2-7,10-11,13H2,1H3,(H4,23,24,25). The van der Waals surface area contributed by atoms with Crippen molar-refractivity contribution in [1.29, 1.82) is 0 Å². The predicted octanol–water partition coefficient (Wildman–Crippen LogP) is 1.84. The number of imide groups is 1. The highest BCUT2D eigenvalue weighted by Crippen LogP contribution is 2.55. The number of aryl methyl sites for hydroxylation is 1. The third-order valence-corrected chi connectivity index (χ3v) is 7.77. The number of benzene rings is 1. The van der Waals surface area contributed by atoms with Crippen LogP contribution in [0.4, 0.5) is 5.69 Å². The molecule has 4 N–H and O–H groups in total. The number of hydrogen-bond acceptors (Lipinski definition) is 5. The van der Waals surface area contributed by atoms with Crippen LogP contribution in [0.1, 0.15) is 49.7 Å². The number of hydrogen-bond donors (Lipinski definition) is 2. The maximum Gasteiger partial charge on any atom is 0.275 e. The van der Waals surface area contributed by atoms with Gasteiger partial charge in [0.05, 0.1) is 11.4 Å². The first-order valence-corrected chi connectivity index (χ1v) is 11.8. The van der Waals surface area contributed by atoms with Gasteiger partial charge in [0.15, 0.2) is 10.8 Å². The smallest absolute Gasteiger partial charge is 0.275 e. The first-order valence-electron chi connectivity index (χ1n) is 10.9. The summed E-state index contributed by atoms with van der Waals surface area (Å²) in [6.07, 6.45) is 5.29. The van der Waals surface area contributed by atoms with Crippen LogP contribution in [0.5, 0.6) is 0 Å². The van der Waals surface area contributed by atoms with Gasteiger partial charge in [0.25, 0.3) is 5.91 Å². The second kappa shape index (κ2) is 8.53. The number of rotatable bonds is 5. The average Bonchev–Trinajstić information content (AvgIpc) is 3.21. The molecule has 4 rings (SSSR count). The molecule has 1 aromatic carbocycles. The second-order valence-corrected chi connectivity index (χ2v) is 9.64. The molecule has 2 heterocycles. The fourth-order valence-corrected chi connectivity index (χ4v) is 6.23. The summed E-state index contributed by atoms with van der Waals surface area (Å²) in [6.45, 7) is 2.66. The van der Waals surface area contributed by atoms with E-state index in [4.69, 9.17) is 11.5 Å². The summed E-state index contributed by atoms with van der Waals surface area (Å²) in [4.78, 5) is 46.0. The van der Waals surface area contributed by atoms with Gasteiger partial charge < -0.3 is 16.4 Å². The van der Waals surface area contributed by atoms with Crippen LogP contribution in [-0.4, -0.2) is 47.4 Å². The summed E-state index contributed by atoms with van der Waals surface area (Å²) < 4.78 is 0. The Hall–Kier alpha value is -2.55. The lowest BCUT2D eigenvalue weighted by Gasteiger charge is -2.33. The zero-order valence-electron chi connectivity index (χ0n) is 17.8. The number of nitrogens with zero attached hydrogens (tertiary/aromatic N) is 3. The van der Waals surface area contributed by atoms with Crippen LogP contribution in [0, 0.1) is 12.8 Å². The number of thioether (sulfide) groups is 1. The first-order chi connectivity index (χ1) is 14.9. The summed E-state index contributed by atoms with van der Waals surface area (Å²) in [6, 6.07) is 5.70. The summed E-state index contributed by atoms with van der Waals surface area (Å²) >= 11 is 1.31. The van der Waals surface area contributed by atoms with Crippen LogP contribution < -0.4 is 16.4 Å². The van der Waals surface area contributed by atoms with E-state index in [0.29, 0.717) is 25.2 Å². The molecule has 3 aliphatic rings. The second-order valence-electron chi connectivity index (χ2n) is 8.47. The van der Waals surface area contributed by atoms with E-state index in [1.165, 1.54) is 16.7 Å². The Kier molecular flexibility index (Phi) is 5.96. The fourth-order valence-electron chi connectivity index (χ4n) is 4.86. The molecule has 0 bridgehead atoms. The van der Waals surface area contributed by atoms with E-state index in [0.717, 1.165) is 43.2 Å². The molecular formula is C22H29N5O3S. The van der Waals surface area contributed by atoms with Gasteiger partial charge in [-0.1, -0.05) is 37.0 Å². The Balaban J connectivity index is 1.70. The van der Waals surface area contributed by atoms with Gasteiger partial charge >= 0.3 is 0 Å². The number of fused-ring (bicyclic) bond motifs is 2. The fraction of sp³-hybridized carbons (Fsp3) is 0.545. The molecule has 1 aromatic rings. The van der Waals surface area contributed by atoms with Gasteiger partial charge in [-0.3, -0.25) is 19.4 Å². The lowest BCUT2D eigenvalue weighted by molar-refractivity contribution is -0.139. The maximum absolute atomic E-state index is 13.9. The number of carbonyl (C=O) groups is 3. The maximum atomic E-state index is 13.9. The van der Waals surface area contributed by atoms with Crippen LogP contribution in [0.25, 0.3) is 0 Å². The summed E-state index contributed by atoms with van der Waals surface area (Å²) in [5.74, 6) is -0.498. The molecule has 1 saturated heterocycles. The highest BCUT2D eigenvalue weighted by atomic mass is 32.2. The molecule has 3 amide bonds.